The van der Waals surface area contributed by atoms with Crippen molar-refractivity contribution >= 4 is 94.8 Å². The standard InChI is InChI=1S/C22H24N6O18S6/c23-20-17(27-26-16-6-5-15(11-18(16)49(33,34)35)48(31,32)10-8-46-52(42,43)44)12-19(50(36,37)38)21(24)22(20)28-25-13-1-3-14(4-2-13)47(29,30)9-7-45-51(39,40)41/h1-6,11-12H,7-10,23-24H2,(H,33,34,35)(H,36,37,38)(H,39,40,41)(H,42,43,44)/b27-26+,28-25+. The second kappa shape index (κ2) is 15.5. The monoisotopic (exact) mass is 852 g/mol. The summed E-state index contributed by atoms with van der Waals surface area (Å²) in [6.07, 6.45) is 0. The van der Waals surface area contributed by atoms with Gasteiger partial charge in [-0.05, 0) is 48.5 Å². The Hall–Kier alpha value is -4.08. The minimum Gasteiger partial charge on any atom is -0.396 e. The summed E-state index contributed by atoms with van der Waals surface area (Å²) >= 11 is 0. The number of anilines is 2. The molecule has 0 fully saturated rings. The van der Waals surface area contributed by atoms with Gasteiger partial charge in [0.1, 0.15) is 26.9 Å². The topological polar surface area (TPSA) is 406 Å². The fraction of sp³-hybridized carbons (Fsp3) is 0.182. The van der Waals surface area contributed by atoms with Crippen LogP contribution in [0.15, 0.2) is 88.6 Å². The predicted octanol–water partition coefficient (Wildman–Crippen LogP) is 1.36. The number of azo groups is 2. The maximum Gasteiger partial charge on any atom is 0.397 e. The number of nitrogen functional groups attached to an aromatic ring is 2. The summed E-state index contributed by atoms with van der Waals surface area (Å²) < 4.78 is 185. The first-order valence-corrected chi connectivity index (χ1v) is 22.0. The van der Waals surface area contributed by atoms with Gasteiger partial charge in [-0.3, -0.25) is 18.2 Å². The van der Waals surface area contributed by atoms with E-state index in [0.29, 0.717) is 12.1 Å². The van der Waals surface area contributed by atoms with Crippen molar-refractivity contribution in [1.82, 2.24) is 0 Å². The van der Waals surface area contributed by atoms with Gasteiger partial charge in [0.05, 0.1) is 51.6 Å². The van der Waals surface area contributed by atoms with Crippen LogP contribution in [0.5, 0.6) is 0 Å². The molecule has 0 aromatic heterocycles. The van der Waals surface area contributed by atoms with Crippen LogP contribution in [-0.4, -0.2) is 93.4 Å². The maximum absolute atomic E-state index is 12.6. The molecule has 3 aromatic carbocycles. The summed E-state index contributed by atoms with van der Waals surface area (Å²) in [6, 6.07) is 6.76. The van der Waals surface area contributed by atoms with Gasteiger partial charge in [0.2, 0.25) is 0 Å². The van der Waals surface area contributed by atoms with Crippen LogP contribution in [-0.2, 0) is 69.1 Å². The van der Waals surface area contributed by atoms with Gasteiger partial charge in [0, 0.05) is 0 Å². The van der Waals surface area contributed by atoms with Gasteiger partial charge in [0.15, 0.2) is 19.7 Å². The SMILES string of the molecule is Nc1c(/N=N/c2ccc(S(=O)(=O)CCOS(=O)(=O)O)cc2S(=O)(=O)O)cc(S(=O)(=O)O)c(N)c1/N=N/c1ccc(S(=O)(=O)CCOS(=O)(=O)O)cc1. The van der Waals surface area contributed by atoms with Gasteiger partial charge >= 0.3 is 20.8 Å². The van der Waals surface area contributed by atoms with E-state index >= 15 is 0 Å². The summed E-state index contributed by atoms with van der Waals surface area (Å²) in [5.74, 6) is -1.92. The molecule has 3 rings (SSSR count). The maximum atomic E-state index is 12.6. The summed E-state index contributed by atoms with van der Waals surface area (Å²) in [5.41, 5.74) is 8.39. The molecule has 52 heavy (non-hydrogen) atoms. The molecule has 0 saturated heterocycles. The first-order chi connectivity index (χ1) is 23.6. The lowest BCUT2D eigenvalue weighted by Gasteiger charge is -2.11. The predicted molar refractivity (Wildman–Crippen MR) is 175 cm³/mol. The minimum absolute atomic E-state index is 0.0928. The van der Waals surface area contributed by atoms with Crippen molar-refractivity contribution in [3.05, 3.63) is 48.5 Å². The zero-order valence-electron chi connectivity index (χ0n) is 25.3. The third-order valence-corrected chi connectivity index (χ3v) is 12.1. The van der Waals surface area contributed by atoms with Crippen molar-refractivity contribution in [2.24, 2.45) is 20.5 Å². The number of hydrogen-bond donors (Lipinski definition) is 6. The molecule has 24 nitrogen and oxygen atoms in total. The van der Waals surface area contributed by atoms with E-state index in [1.54, 1.807) is 0 Å². The van der Waals surface area contributed by atoms with Crippen molar-refractivity contribution < 1.29 is 77.1 Å². The largest absolute Gasteiger partial charge is 0.397 e. The average Bonchev–Trinajstić information content (AvgIpc) is 2.98. The molecule has 0 aliphatic heterocycles. The van der Waals surface area contributed by atoms with Gasteiger partial charge in [-0.1, -0.05) is 0 Å². The highest BCUT2D eigenvalue weighted by Gasteiger charge is 2.25. The Morgan fingerprint density at radius 3 is 1.46 bits per heavy atom. The average molecular weight is 853 g/mol. The first-order valence-electron chi connectivity index (χ1n) is 13.0. The van der Waals surface area contributed by atoms with Gasteiger partial charge in [0.25, 0.3) is 20.2 Å². The molecule has 0 heterocycles. The highest BCUT2D eigenvalue weighted by atomic mass is 32.3. The number of nitrogens with two attached hydrogens (primary N) is 2. The number of sulfone groups is 2. The van der Waals surface area contributed by atoms with E-state index in [2.05, 4.69) is 28.8 Å². The Morgan fingerprint density at radius 1 is 0.519 bits per heavy atom. The van der Waals surface area contributed by atoms with Crippen LogP contribution < -0.4 is 11.5 Å². The number of nitrogens with zero attached hydrogens (tertiary/aromatic N) is 4. The van der Waals surface area contributed by atoms with E-state index < -0.39 is 129 Å². The molecule has 0 amide bonds. The van der Waals surface area contributed by atoms with E-state index in [9.17, 15) is 59.6 Å². The molecular weight excluding hydrogens is 829 g/mol. The smallest absolute Gasteiger partial charge is 0.396 e. The van der Waals surface area contributed by atoms with Gasteiger partial charge < -0.3 is 11.5 Å². The van der Waals surface area contributed by atoms with E-state index in [1.807, 2.05) is 0 Å². The zero-order valence-corrected chi connectivity index (χ0v) is 30.2. The molecule has 0 spiro atoms. The Bertz CT molecular complexity index is 2610. The molecule has 8 N–H and O–H groups in total. The molecule has 0 aliphatic carbocycles. The van der Waals surface area contributed by atoms with Crippen molar-refractivity contribution in [3.8, 4) is 0 Å². The molecule has 30 heteroatoms. The van der Waals surface area contributed by atoms with Crippen LogP contribution in [0.25, 0.3) is 0 Å². The summed E-state index contributed by atoms with van der Waals surface area (Å²) in [4.78, 5) is -3.31. The Morgan fingerprint density at radius 2 is 0.981 bits per heavy atom. The lowest BCUT2D eigenvalue weighted by atomic mass is 10.2. The minimum atomic E-state index is -5.27. The van der Waals surface area contributed by atoms with Crippen LogP contribution in [0.1, 0.15) is 0 Å². The van der Waals surface area contributed by atoms with E-state index in [0.717, 1.165) is 36.4 Å². The summed E-state index contributed by atoms with van der Waals surface area (Å²) in [6.45, 7) is -1.96. The second-order valence-corrected chi connectivity index (χ2v) is 18.9. The van der Waals surface area contributed by atoms with Crippen LogP contribution in [0.2, 0.25) is 0 Å². The van der Waals surface area contributed by atoms with Crippen molar-refractivity contribution in [3.63, 3.8) is 0 Å². The molecule has 0 saturated carbocycles. The second-order valence-electron chi connectivity index (χ2n) is 9.68. The molecule has 286 valence electrons. The quantitative estimate of drug-likeness (QED) is 0.0673. The normalized spacial score (nSPS) is 13.6. The third kappa shape index (κ3) is 11.7. The molecule has 0 bridgehead atoms. The molecule has 0 aliphatic rings. The molecule has 0 atom stereocenters. The van der Waals surface area contributed by atoms with Gasteiger partial charge in [-0.2, -0.15) is 38.8 Å². The Kier molecular flexibility index (Phi) is 12.6. The van der Waals surface area contributed by atoms with E-state index in [4.69, 9.17) is 20.6 Å². The lowest BCUT2D eigenvalue weighted by Crippen LogP contribution is -2.16. The highest BCUT2D eigenvalue weighted by Crippen LogP contribution is 2.43. The first kappa shape index (κ1) is 42.3. The lowest BCUT2D eigenvalue weighted by molar-refractivity contribution is 0.282. The van der Waals surface area contributed by atoms with Crippen LogP contribution in [0, 0.1) is 0 Å². The van der Waals surface area contributed by atoms with E-state index in [1.165, 1.54) is 0 Å². The fourth-order valence-electron chi connectivity index (χ4n) is 3.71. The molecule has 0 unspecified atom stereocenters. The summed E-state index contributed by atoms with van der Waals surface area (Å²) in [5, 5.41) is 14.7. The van der Waals surface area contributed by atoms with Gasteiger partial charge in [-0.15, -0.1) is 15.3 Å². The van der Waals surface area contributed by atoms with Crippen molar-refractivity contribution in [1.29, 1.82) is 0 Å². The fourth-order valence-corrected chi connectivity index (χ4v) is 8.07. The van der Waals surface area contributed by atoms with Crippen molar-refractivity contribution in [2.45, 2.75) is 19.6 Å². The van der Waals surface area contributed by atoms with Crippen molar-refractivity contribution in [2.75, 3.05) is 36.2 Å². The Labute approximate surface area is 295 Å². The van der Waals surface area contributed by atoms with Crippen LogP contribution >= 0.6 is 0 Å². The number of hydrogen-bond acceptors (Lipinski definition) is 20. The third-order valence-electron chi connectivity index (χ3n) is 6.06. The van der Waals surface area contributed by atoms with Crippen LogP contribution in [0.3, 0.4) is 0 Å². The highest BCUT2D eigenvalue weighted by molar-refractivity contribution is 7.92. The molecule has 0 radical (unpaired) electrons. The van der Waals surface area contributed by atoms with E-state index in [-0.39, 0.29) is 10.6 Å². The van der Waals surface area contributed by atoms with Crippen LogP contribution in [0.4, 0.5) is 34.1 Å². The number of rotatable bonds is 16. The Balaban J connectivity index is 2.03. The summed E-state index contributed by atoms with van der Waals surface area (Å²) in [7, 11) is -28.9. The molecular formula is C22H24N6O18S6. The van der Waals surface area contributed by atoms with Gasteiger partial charge in [-0.25, -0.2) is 25.2 Å². The molecule has 3 aromatic rings. The number of benzene rings is 3. The zero-order chi connectivity index (χ0) is 39.5.